The number of hydrogen-bond acceptors (Lipinski definition) is 3. The summed E-state index contributed by atoms with van der Waals surface area (Å²) in [7, 11) is 0. The summed E-state index contributed by atoms with van der Waals surface area (Å²) in [5, 5.41) is 12.3. The predicted molar refractivity (Wildman–Crippen MR) is 108 cm³/mol. The Morgan fingerprint density at radius 1 is 1.19 bits per heavy atom. The first-order chi connectivity index (χ1) is 13.1. The van der Waals surface area contributed by atoms with Crippen LogP contribution in [0.25, 0.3) is 10.9 Å². The molecule has 0 radical (unpaired) electrons. The van der Waals surface area contributed by atoms with Crippen molar-refractivity contribution in [1.82, 2.24) is 14.5 Å². The van der Waals surface area contributed by atoms with E-state index in [1.54, 1.807) is 6.20 Å². The molecular weight excluding hydrogens is 334 g/mol. The van der Waals surface area contributed by atoms with Crippen LogP contribution in [-0.4, -0.2) is 32.6 Å². The van der Waals surface area contributed by atoms with Gasteiger partial charge in [0.1, 0.15) is 0 Å². The normalized spacial score (nSPS) is 20.6. The number of aryl methyl sites for hydroxylation is 2. The Morgan fingerprint density at radius 2 is 2.07 bits per heavy atom. The number of rotatable bonds is 3. The summed E-state index contributed by atoms with van der Waals surface area (Å²) in [6.45, 7) is 7.09. The zero-order chi connectivity index (χ0) is 18.5. The fourth-order valence-corrected chi connectivity index (χ4v) is 5.02. The quantitative estimate of drug-likeness (QED) is 0.764. The molecule has 2 aromatic heterocycles. The Balaban J connectivity index is 1.61. The number of pyridine rings is 1. The van der Waals surface area contributed by atoms with Crippen LogP contribution in [0.2, 0.25) is 0 Å². The lowest BCUT2D eigenvalue weighted by molar-refractivity contribution is 0.155. The van der Waals surface area contributed by atoms with E-state index in [0.29, 0.717) is 12.6 Å². The van der Waals surface area contributed by atoms with E-state index in [1.807, 2.05) is 19.1 Å². The third-order valence-corrected chi connectivity index (χ3v) is 6.38. The minimum absolute atomic E-state index is 0.541. The van der Waals surface area contributed by atoms with Crippen LogP contribution < -0.4 is 0 Å². The van der Waals surface area contributed by atoms with Gasteiger partial charge in [0.25, 0.3) is 0 Å². The summed E-state index contributed by atoms with van der Waals surface area (Å²) >= 11 is 0. The van der Waals surface area contributed by atoms with Gasteiger partial charge in [-0.2, -0.15) is 0 Å². The summed E-state index contributed by atoms with van der Waals surface area (Å²) in [5.74, 6) is 0. The lowest BCUT2D eigenvalue weighted by atomic mass is 9.95. The van der Waals surface area contributed by atoms with E-state index in [0.717, 1.165) is 24.2 Å². The molecule has 0 bridgehead atoms. The second kappa shape index (κ2) is 6.47. The number of benzene rings is 1. The van der Waals surface area contributed by atoms with Crippen molar-refractivity contribution in [3.05, 3.63) is 64.6 Å². The van der Waals surface area contributed by atoms with Gasteiger partial charge >= 0.3 is 0 Å². The summed E-state index contributed by atoms with van der Waals surface area (Å²) in [6.07, 6.45) is 4.88. The van der Waals surface area contributed by atoms with Gasteiger partial charge < -0.3 is 9.67 Å². The molecule has 1 fully saturated rings. The average molecular weight is 361 g/mol. The fraction of sp³-hybridized carbons (Fsp3) is 0.435. The highest BCUT2D eigenvalue weighted by Gasteiger charge is 2.35. The minimum Gasteiger partial charge on any atom is -0.386 e. The lowest BCUT2D eigenvalue weighted by Crippen LogP contribution is -2.31. The monoisotopic (exact) mass is 361 g/mol. The highest BCUT2D eigenvalue weighted by atomic mass is 16.3. The molecule has 2 atom stereocenters. The number of hydrogen-bond donors (Lipinski definition) is 1. The Bertz CT molecular complexity index is 989. The van der Waals surface area contributed by atoms with E-state index >= 15 is 0 Å². The predicted octanol–water partition coefficient (Wildman–Crippen LogP) is 4.08. The molecule has 1 aromatic carbocycles. The van der Waals surface area contributed by atoms with Gasteiger partial charge in [0.15, 0.2) is 0 Å². The van der Waals surface area contributed by atoms with Gasteiger partial charge in [0, 0.05) is 53.1 Å². The average Bonchev–Trinajstić information content (AvgIpc) is 3.25. The van der Waals surface area contributed by atoms with Gasteiger partial charge in [-0.05, 0) is 57.0 Å². The summed E-state index contributed by atoms with van der Waals surface area (Å²) in [4.78, 5) is 7.01. The van der Waals surface area contributed by atoms with Crippen LogP contribution in [-0.2, 0) is 13.0 Å². The maximum absolute atomic E-state index is 10.9. The highest BCUT2D eigenvalue weighted by molar-refractivity contribution is 5.87. The summed E-state index contributed by atoms with van der Waals surface area (Å²) in [5.41, 5.74) is 7.39. The zero-order valence-electron chi connectivity index (χ0n) is 16.2. The number of nitrogens with zero attached hydrogens (tertiary/aromatic N) is 3. The molecule has 27 heavy (non-hydrogen) atoms. The molecule has 1 N–H and O–H groups in total. The lowest BCUT2D eigenvalue weighted by Gasteiger charge is -2.31. The Hall–Kier alpha value is -2.17. The minimum atomic E-state index is -0.541. The van der Waals surface area contributed by atoms with E-state index in [1.165, 1.54) is 47.1 Å². The van der Waals surface area contributed by atoms with E-state index in [2.05, 4.69) is 39.6 Å². The summed E-state index contributed by atoms with van der Waals surface area (Å²) < 4.78 is 2.38. The first-order valence-electron chi connectivity index (χ1n) is 10.1. The summed E-state index contributed by atoms with van der Waals surface area (Å²) in [6, 6.07) is 11.3. The van der Waals surface area contributed by atoms with Crippen molar-refractivity contribution in [3.8, 4) is 0 Å². The van der Waals surface area contributed by atoms with Gasteiger partial charge in [-0.25, -0.2) is 0 Å². The van der Waals surface area contributed by atoms with Crippen LogP contribution in [0.4, 0.5) is 0 Å². The SMILES string of the molecule is Cc1ccc2c(c1)c1c(n2CC(O)c2ccc(C)nc2)CCN2CCCC12. The second-order valence-corrected chi connectivity index (χ2v) is 8.18. The molecule has 4 heterocycles. The molecule has 5 rings (SSSR count). The fourth-order valence-electron chi connectivity index (χ4n) is 5.02. The van der Waals surface area contributed by atoms with E-state index < -0.39 is 6.10 Å². The van der Waals surface area contributed by atoms with Gasteiger partial charge in [0.05, 0.1) is 12.6 Å². The first kappa shape index (κ1) is 17.0. The van der Waals surface area contributed by atoms with Crippen LogP contribution >= 0.6 is 0 Å². The molecule has 2 unspecified atom stereocenters. The van der Waals surface area contributed by atoms with Crippen molar-refractivity contribution in [3.63, 3.8) is 0 Å². The van der Waals surface area contributed by atoms with Crippen molar-refractivity contribution in [2.75, 3.05) is 13.1 Å². The van der Waals surface area contributed by atoms with Crippen LogP contribution in [0.3, 0.4) is 0 Å². The maximum atomic E-state index is 10.9. The van der Waals surface area contributed by atoms with Crippen LogP contribution in [0, 0.1) is 13.8 Å². The van der Waals surface area contributed by atoms with Crippen molar-refractivity contribution < 1.29 is 5.11 Å². The molecule has 0 spiro atoms. The molecule has 0 saturated carbocycles. The molecule has 2 aliphatic heterocycles. The van der Waals surface area contributed by atoms with Gasteiger partial charge in [0.2, 0.25) is 0 Å². The zero-order valence-corrected chi connectivity index (χ0v) is 16.2. The molecule has 1 saturated heterocycles. The molecule has 0 aliphatic carbocycles. The Morgan fingerprint density at radius 3 is 2.89 bits per heavy atom. The standard InChI is InChI=1S/C23H27N3O/c1-15-5-8-19-18(12-15)23-20-4-3-10-25(20)11-9-21(23)26(19)14-22(27)17-7-6-16(2)24-13-17/h5-8,12-13,20,22,27H,3-4,9-11,14H2,1-2H3. The second-order valence-electron chi connectivity index (χ2n) is 8.18. The number of aliphatic hydroxyl groups is 1. The largest absolute Gasteiger partial charge is 0.386 e. The maximum Gasteiger partial charge on any atom is 0.0983 e. The van der Waals surface area contributed by atoms with Gasteiger partial charge in [-0.3, -0.25) is 9.88 Å². The molecule has 2 aliphatic rings. The number of fused-ring (bicyclic) bond motifs is 5. The van der Waals surface area contributed by atoms with Crippen molar-refractivity contribution in [2.45, 2.75) is 51.8 Å². The number of aliphatic hydroxyl groups excluding tert-OH is 1. The smallest absolute Gasteiger partial charge is 0.0983 e. The molecular formula is C23H27N3O. The van der Waals surface area contributed by atoms with Gasteiger partial charge in [-0.15, -0.1) is 0 Å². The van der Waals surface area contributed by atoms with Crippen molar-refractivity contribution in [1.29, 1.82) is 0 Å². The van der Waals surface area contributed by atoms with E-state index in [9.17, 15) is 5.11 Å². The Kier molecular flexibility index (Phi) is 4.06. The van der Waals surface area contributed by atoms with Gasteiger partial charge in [-0.1, -0.05) is 17.7 Å². The highest BCUT2D eigenvalue weighted by Crippen LogP contribution is 2.43. The van der Waals surface area contributed by atoms with Crippen LogP contribution in [0.1, 0.15) is 53.1 Å². The Labute approximate surface area is 160 Å². The molecule has 4 nitrogen and oxygen atoms in total. The van der Waals surface area contributed by atoms with Crippen LogP contribution in [0.5, 0.6) is 0 Å². The van der Waals surface area contributed by atoms with Crippen molar-refractivity contribution in [2.24, 2.45) is 0 Å². The molecule has 4 heteroatoms. The molecule has 0 amide bonds. The van der Waals surface area contributed by atoms with Crippen LogP contribution in [0.15, 0.2) is 36.5 Å². The van der Waals surface area contributed by atoms with E-state index in [4.69, 9.17) is 0 Å². The topological polar surface area (TPSA) is 41.3 Å². The number of aromatic nitrogens is 2. The third-order valence-electron chi connectivity index (χ3n) is 6.38. The van der Waals surface area contributed by atoms with Crippen molar-refractivity contribution >= 4 is 10.9 Å². The first-order valence-corrected chi connectivity index (χ1v) is 10.1. The molecule has 140 valence electrons. The molecule has 3 aromatic rings. The third kappa shape index (κ3) is 2.79. The van der Waals surface area contributed by atoms with E-state index in [-0.39, 0.29) is 0 Å².